The van der Waals surface area contributed by atoms with Gasteiger partial charge >= 0.3 is 5.97 Å². The van der Waals surface area contributed by atoms with Crippen LogP contribution in [0.1, 0.15) is 56.6 Å². The van der Waals surface area contributed by atoms with E-state index in [4.69, 9.17) is 9.47 Å². The lowest BCUT2D eigenvalue weighted by atomic mass is 9.70. The van der Waals surface area contributed by atoms with Gasteiger partial charge in [0.25, 0.3) is 0 Å². The van der Waals surface area contributed by atoms with Gasteiger partial charge in [-0.2, -0.15) is 0 Å². The first kappa shape index (κ1) is 35.9. The maximum atomic E-state index is 14.8. The second kappa shape index (κ2) is 16.0. The van der Waals surface area contributed by atoms with E-state index in [-0.39, 0.29) is 57.1 Å². The molecule has 0 saturated carbocycles. The first-order chi connectivity index (χ1) is 24.8. The van der Waals surface area contributed by atoms with Gasteiger partial charge in [-0.25, -0.2) is 4.68 Å². The van der Waals surface area contributed by atoms with Crippen molar-refractivity contribution in [3.63, 3.8) is 0 Å². The molecule has 4 heterocycles. The molecule has 0 radical (unpaired) electrons. The van der Waals surface area contributed by atoms with Crippen molar-refractivity contribution in [1.82, 2.24) is 30.1 Å². The minimum Gasteiger partial charge on any atom is -0.463 e. The Morgan fingerprint density at radius 2 is 1.88 bits per heavy atom. The molecule has 3 aliphatic heterocycles. The van der Waals surface area contributed by atoms with E-state index in [9.17, 15) is 24.3 Å². The van der Waals surface area contributed by atoms with E-state index in [1.54, 1.807) is 26.6 Å². The number of benzene rings is 2. The molecule has 3 aliphatic rings. The number of hydrogen-bond donors (Lipinski definition) is 2. The van der Waals surface area contributed by atoms with Crippen LogP contribution in [0.4, 0.5) is 0 Å². The smallest absolute Gasteiger partial charge is 0.306 e. The second-order valence-electron chi connectivity index (χ2n) is 13.4. The SMILES string of the molecule is C=CCCC(=O)OC[C@@H](NC(=O)[C@@H]1[C@H]2C(=O)N(CCCCCO)[C@H](C(=O)N(CC=C)Cn3nnc4ccccc43)[C@]23CC[C@H]1O3)c1ccccc1. The third kappa shape index (κ3) is 7.18. The fourth-order valence-corrected chi connectivity index (χ4v) is 7.92. The van der Waals surface area contributed by atoms with Crippen molar-refractivity contribution in [2.24, 2.45) is 11.8 Å². The average molecular weight is 699 g/mol. The van der Waals surface area contributed by atoms with Gasteiger partial charge in [-0.05, 0) is 56.2 Å². The number of esters is 1. The summed E-state index contributed by atoms with van der Waals surface area (Å²) in [7, 11) is 0. The van der Waals surface area contributed by atoms with E-state index in [0.29, 0.717) is 44.0 Å². The molecule has 0 aliphatic carbocycles. The number of carbonyl (C=O) groups excluding carboxylic acids is 4. The molecule has 13 nitrogen and oxygen atoms in total. The van der Waals surface area contributed by atoms with Crippen LogP contribution in [0.15, 0.2) is 79.9 Å². The molecule has 3 fully saturated rings. The summed E-state index contributed by atoms with van der Waals surface area (Å²) < 4.78 is 13.9. The first-order valence-corrected chi connectivity index (χ1v) is 17.7. The molecule has 13 heteroatoms. The minimum absolute atomic E-state index is 0.0288. The van der Waals surface area contributed by atoms with Crippen molar-refractivity contribution in [3.05, 3.63) is 85.5 Å². The Kier molecular flexibility index (Phi) is 11.3. The Bertz CT molecular complexity index is 1750. The van der Waals surface area contributed by atoms with Crippen LogP contribution < -0.4 is 5.32 Å². The molecule has 2 N–H and O–H groups in total. The van der Waals surface area contributed by atoms with E-state index < -0.39 is 41.6 Å². The fourth-order valence-electron chi connectivity index (χ4n) is 7.92. The summed E-state index contributed by atoms with van der Waals surface area (Å²) in [4.78, 5) is 59.2. The predicted octanol–water partition coefficient (Wildman–Crippen LogP) is 3.31. The number of carbonyl (C=O) groups is 4. The molecule has 3 aromatic rings. The zero-order valence-corrected chi connectivity index (χ0v) is 28.8. The number of allylic oxidation sites excluding steroid dienone is 1. The molecule has 270 valence electrons. The molecule has 1 aromatic heterocycles. The summed E-state index contributed by atoms with van der Waals surface area (Å²) in [5.41, 5.74) is 0.989. The summed E-state index contributed by atoms with van der Waals surface area (Å²) in [5, 5.41) is 21.0. The average Bonchev–Trinajstić information content (AvgIpc) is 3.90. The van der Waals surface area contributed by atoms with Gasteiger partial charge in [0, 0.05) is 26.1 Å². The zero-order valence-electron chi connectivity index (χ0n) is 28.8. The molecule has 2 bridgehead atoms. The van der Waals surface area contributed by atoms with Crippen LogP contribution in [-0.2, 0) is 35.3 Å². The van der Waals surface area contributed by atoms with Crippen LogP contribution in [0.3, 0.4) is 0 Å². The third-order valence-corrected chi connectivity index (χ3v) is 10.3. The van der Waals surface area contributed by atoms with E-state index in [0.717, 1.165) is 11.1 Å². The number of para-hydroxylation sites is 1. The Labute approximate surface area is 297 Å². The molecule has 2 aromatic carbocycles. The molecule has 3 amide bonds. The Hall–Kier alpha value is -4.88. The molecular weight excluding hydrogens is 652 g/mol. The number of ether oxygens (including phenoxy) is 2. The van der Waals surface area contributed by atoms with Crippen LogP contribution in [0.25, 0.3) is 11.0 Å². The highest BCUT2D eigenvalue weighted by Gasteiger charge is 2.74. The van der Waals surface area contributed by atoms with Crippen LogP contribution in [0, 0.1) is 11.8 Å². The van der Waals surface area contributed by atoms with Gasteiger partial charge in [-0.3, -0.25) is 19.2 Å². The lowest BCUT2D eigenvalue weighted by Gasteiger charge is -2.36. The van der Waals surface area contributed by atoms with Crippen molar-refractivity contribution in [3.8, 4) is 0 Å². The highest BCUT2D eigenvalue weighted by atomic mass is 16.5. The topological polar surface area (TPSA) is 156 Å². The van der Waals surface area contributed by atoms with Crippen molar-refractivity contribution in [2.75, 3.05) is 26.3 Å². The molecule has 1 spiro atoms. The summed E-state index contributed by atoms with van der Waals surface area (Å²) in [6, 6.07) is 15.1. The number of unbranched alkanes of at least 4 members (excludes halogenated alkanes) is 2. The number of nitrogens with zero attached hydrogens (tertiary/aromatic N) is 5. The monoisotopic (exact) mass is 698 g/mol. The van der Waals surface area contributed by atoms with Crippen molar-refractivity contribution >= 4 is 34.7 Å². The van der Waals surface area contributed by atoms with Crippen LogP contribution in [0.2, 0.25) is 0 Å². The zero-order chi connectivity index (χ0) is 36.0. The standard InChI is InChI=1S/C38H46N6O7/c1-3-5-18-31(46)50-24-28(26-14-8-6-9-15-26)39-35(47)32-30-19-20-38(51-30)33(32)36(48)43(22-12-7-13-23-45)34(38)37(49)42(21-4-2)25-44-29-17-11-10-16-27(29)40-41-44/h3-4,6,8-11,14-17,28,30,32-34,45H,1-2,5,7,12-13,18-25H2,(H,39,47)/t28-,30-,32+,33+,34-,38+/m1/s1. The van der Waals surface area contributed by atoms with Crippen LogP contribution in [0.5, 0.6) is 0 Å². The third-order valence-electron chi connectivity index (χ3n) is 10.3. The van der Waals surface area contributed by atoms with Gasteiger partial charge in [-0.1, -0.05) is 59.8 Å². The van der Waals surface area contributed by atoms with Gasteiger partial charge in [0.1, 0.15) is 30.4 Å². The van der Waals surface area contributed by atoms with Crippen molar-refractivity contribution in [2.45, 2.75) is 75.4 Å². The predicted molar refractivity (Wildman–Crippen MR) is 187 cm³/mol. The maximum Gasteiger partial charge on any atom is 0.306 e. The number of aromatic nitrogens is 3. The van der Waals surface area contributed by atoms with Gasteiger partial charge in [0.05, 0.1) is 29.5 Å². The first-order valence-electron chi connectivity index (χ1n) is 17.7. The number of likely N-dealkylation sites (tertiary alicyclic amines) is 1. The maximum absolute atomic E-state index is 14.8. The number of aliphatic hydroxyl groups excluding tert-OH is 1. The second-order valence-corrected chi connectivity index (χ2v) is 13.4. The lowest BCUT2D eigenvalue weighted by Crippen LogP contribution is -2.56. The van der Waals surface area contributed by atoms with E-state index in [2.05, 4.69) is 28.8 Å². The summed E-state index contributed by atoms with van der Waals surface area (Å²) in [6.07, 6.45) is 6.11. The van der Waals surface area contributed by atoms with Gasteiger partial charge in [0.2, 0.25) is 17.7 Å². The molecule has 0 unspecified atom stereocenters. The molecule has 6 rings (SSSR count). The Morgan fingerprint density at radius 1 is 1.10 bits per heavy atom. The minimum atomic E-state index is -1.21. The number of nitrogens with one attached hydrogen (secondary N) is 1. The summed E-state index contributed by atoms with van der Waals surface area (Å²) in [5.74, 6) is -3.13. The van der Waals surface area contributed by atoms with Gasteiger partial charge < -0.3 is 29.7 Å². The van der Waals surface area contributed by atoms with E-state index in [1.807, 2.05) is 54.6 Å². The van der Waals surface area contributed by atoms with Crippen molar-refractivity contribution in [1.29, 1.82) is 0 Å². The fraction of sp³-hybridized carbons (Fsp3) is 0.474. The highest BCUT2D eigenvalue weighted by Crippen LogP contribution is 2.58. The normalized spacial score (nSPS) is 23.9. The highest BCUT2D eigenvalue weighted by molar-refractivity contribution is 5.99. The van der Waals surface area contributed by atoms with E-state index >= 15 is 0 Å². The Morgan fingerprint density at radius 3 is 2.65 bits per heavy atom. The lowest BCUT2D eigenvalue weighted by molar-refractivity contribution is -0.149. The summed E-state index contributed by atoms with van der Waals surface area (Å²) in [6.45, 7) is 8.02. The largest absolute Gasteiger partial charge is 0.463 e. The number of aliphatic hydroxyl groups is 1. The number of rotatable bonds is 18. The van der Waals surface area contributed by atoms with Crippen LogP contribution in [-0.4, -0.2) is 97.6 Å². The number of fused-ring (bicyclic) bond motifs is 2. The van der Waals surface area contributed by atoms with E-state index in [1.165, 1.54) is 0 Å². The quantitative estimate of drug-likeness (QED) is 0.116. The summed E-state index contributed by atoms with van der Waals surface area (Å²) >= 11 is 0. The number of amides is 3. The molecular formula is C38H46N6O7. The van der Waals surface area contributed by atoms with Crippen molar-refractivity contribution < 1.29 is 33.8 Å². The Balaban J connectivity index is 1.28. The van der Waals surface area contributed by atoms with Gasteiger partial charge in [0.15, 0.2) is 0 Å². The molecule has 51 heavy (non-hydrogen) atoms. The van der Waals surface area contributed by atoms with Gasteiger partial charge in [-0.15, -0.1) is 18.3 Å². The van der Waals surface area contributed by atoms with Crippen LogP contribution >= 0.6 is 0 Å². The molecule has 6 atom stereocenters. The number of hydrogen-bond acceptors (Lipinski definition) is 9. The molecule has 3 saturated heterocycles.